The van der Waals surface area contributed by atoms with Crippen molar-refractivity contribution < 1.29 is 18.8 Å². The topological polar surface area (TPSA) is 102 Å². The van der Waals surface area contributed by atoms with Gasteiger partial charge in [-0.1, -0.05) is 39.0 Å². The first-order chi connectivity index (χ1) is 16.4. The SMILES string of the molecule is CNC(=O)Cc1ccc(OCCNCC(O[Si](C)(C)C(C)(C)C)c2ccc(NC(C)=O)nc2)cc1. The zero-order valence-corrected chi connectivity index (χ0v) is 23.0. The lowest BCUT2D eigenvalue weighted by Crippen LogP contribution is -2.43. The highest BCUT2D eigenvalue weighted by Crippen LogP contribution is 2.39. The third-order valence-corrected chi connectivity index (χ3v) is 10.6. The van der Waals surface area contributed by atoms with E-state index in [9.17, 15) is 9.59 Å². The van der Waals surface area contributed by atoms with E-state index in [0.29, 0.717) is 31.9 Å². The van der Waals surface area contributed by atoms with Crippen LogP contribution in [0.1, 0.15) is 44.9 Å². The highest BCUT2D eigenvalue weighted by molar-refractivity contribution is 6.74. The van der Waals surface area contributed by atoms with E-state index in [2.05, 4.69) is 54.8 Å². The Bertz CT molecular complexity index is 957. The smallest absolute Gasteiger partial charge is 0.224 e. The van der Waals surface area contributed by atoms with E-state index in [4.69, 9.17) is 9.16 Å². The molecule has 9 heteroatoms. The zero-order chi connectivity index (χ0) is 26.1. The summed E-state index contributed by atoms with van der Waals surface area (Å²) in [4.78, 5) is 27.2. The van der Waals surface area contributed by atoms with Crippen molar-refractivity contribution in [1.82, 2.24) is 15.6 Å². The number of likely N-dealkylation sites (N-methyl/N-ethyl adjacent to an activating group) is 1. The molecule has 0 aliphatic heterocycles. The number of anilines is 1. The van der Waals surface area contributed by atoms with Crippen LogP contribution in [0.25, 0.3) is 0 Å². The van der Waals surface area contributed by atoms with Crippen LogP contribution in [0.2, 0.25) is 18.1 Å². The number of amides is 2. The minimum atomic E-state index is -2.03. The number of pyridine rings is 1. The zero-order valence-electron chi connectivity index (χ0n) is 22.0. The molecule has 1 heterocycles. The maximum Gasteiger partial charge on any atom is 0.224 e. The lowest BCUT2D eigenvalue weighted by atomic mass is 10.1. The van der Waals surface area contributed by atoms with Crippen LogP contribution in [0.3, 0.4) is 0 Å². The fourth-order valence-corrected chi connectivity index (χ4v) is 4.35. The first-order valence-corrected chi connectivity index (χ1v) is 14.9. The Morgan fingerprint density at radius 1 is 1.09 bits per heavy atom. The van der Waals surface area contributed by atoms with E-state index in [1.54, 1.807) is 19.3 Å². The Morgan fingerprint density at radius 2 is 1.77 bits per heavy atom. The molecule has 1 unspecified atom stereocenters. The number of aromatic nitrogens is 1. The van der Waals surface area contributed by atoms with Crippen molar-refractivity contribution in [2.45, 2.75) is 58.4 Å². The highest BCUT2D eigenvalue weighted by Gasteiger charge is 2.39. The summed E-state index contributed by atoms with van der Waals surface area (Å²) in [6.45, 7) is 14.3. The van der Waals surface area contributed by atoms with Crippen molar-refractivity contribution in [2.24, 2.45) is 0 Å². The standard InChI is InChI=1S/C26H40N4O4Si/c1-19(31)30-24-13-10-21(17-29-24)23(34-35(6,7)26(2,3)4)18-28-14-15-33-22-11-8-20(9-12-22)16-25(32)27-5/h8-13,17,23,28H,14-16,18H2,1-7H3,(H,27,32)(H,29,30,31). The molecule has 0 bridgehead atoms. The molecule has 0 fully saturated rings. The lowest BCUT2D eigenvalue weighted by molar-refractivity contribution is -0.120. The maximum absolute atomic E-state index is 11.5. The largest absolute Gasteiger partial charge is 0.492 e. The normalized spacial score (nSPS) is 12.7. The molecule has 2 amide bonds. The fourth-order valence-electron chi connectivity index (χ4n) is 3.06. The number of nitrogens with one attached hydrogen (secondary N) is 3. The number of carbonyl (C=O) groups is 2. The second-order valence-electron chi connectivity index (χ2n) is 10.1. The monoisotopic (exact) mass is 500 g/mol. The summed E-state index contributed by atoms with van der Waals surface area (Å²) < 4.78 is 12.5. The number of hydrogen-bond donors (Lipinski definition) is 3. The average Bonchev–Trinajstić information content (AvgIpc) is 2.78. The number of ether oxygens (including phenoxy) is 1. The van der Waals surface area contributed by atoms with Crippen molar-refractivity contribution in [3.63, 3.8) is 0 Å². The lowest BCUT2D eigenvalue weighted by Gasteiger charge is -2.39. The highest BCUT2D eigenvalue weighted by atomic mass is 28.4. The summed E-state index contributed by atoms with van der Waals surface area (Å²) in [7, 11) is -0.398. The number of carbonyl (C=O) groups excluding carboxylic acids is 2. The van der Waals surface area contributed by atoms with Gasteiger partial charge in [0.2, 0.25) is 11.8 Å². The van der Waals surface area contributed by atoms with Gasteiger partial charge in [-0.15, -0.1) is 0 Å². The van der Waals surface area contributed by atoms with Crippen LogP contribution >= 0.6 is 0 Å². The van der Waals surface area contributed by atoms with Crippen LogP contribution in [0.5, 0.6) is 5.75 Å². The van der Waals surface area contributed by atoms with Gasteiger partial charge in [0.1, 0.15) is 18.2 Å². The summed E-state index contributed by atoms with van der Waals surface area (Å²) in [6, 6.07) is 11.3. The van der Waals surface area contributed by atoms with Crippen molar-refractivity contribution in [2.75, 3.05) is 32.1 Å². The van der Waals surface area contributed by atoms with Gasteiger partial charge in [0.25, 0.3) is 0 Å². The van der Waals surface area contributed by atoms with Gasteiger partial charge in [-0.25, -0.2) is 4.98 Å². The Kier molecular flexibility index (Phi) is 10.4. The molecule has 1 aromatic heterocycles. The number of benzene rings is 1. The fraction of sp³-hybridized carbons (Fsp3) is 0.500. The van der Waals surface area contributed by atoms with Crippen LogP contribution in [0, 0.1) is 0 Å². The maximum atomic E-state index is 11.5. The molecule has 192 valence electrons. The Morgan fingerprint density at radius 3 is 2.31 bits per heavy atom. The molecule has 0 radical (unpaired) electrons. The Labute approximate surface area is 210 Å². The summed E-state index contributed by atoms with van der Waals surface area (Å²) in [5, 5.41) is 8.84. The molecule has 0 saturated carbocycles. The van der Waals surface area contributed by atoms with E-state index >= 15 is 0 Å². The first-order valence-electron chi connectivity index (χ1n) is 12.0. The Balaban J connectivity index is 1.94. The second kappa shape index (κ2) is 12.8. The average molecular weight is 501 g/mol. The van der Waals surface area contributed by atoms with E-state index in [-0.39, 0.29) is 23.0 Å². The molecule has 0 saturated heterocycles. The predicted molar refractivity (Wildman–Crippen MR) is 142 cm³/mol. The van der Waals surface area contributed by atoms with Crippen molar-refractivity contribution >= 4 is 25.9 Å². The predicted octanol–water partition coefficient (Wildman–Crippen LogP) is 4.06. The van der Waals surface area contributed by atoms with E-state index in [0.717, 1.165) is 16.9 Å². The minimum absolute atomic E-state index is 0.0164. The van der Waals surface area contributed by atoms with Gasteiger partial charge in [-0.05, 0) is 47.5 Å². The number of rotatable bonds is 12. The van der Waals surface area contributed by atoms with Crippen LogP contribution < -0.4 is 20.7 Å². The van der Waals surface area contributed by atoms with E-state index in [1.807, 2.05) is 30.3 Å². The molecule has 0 aliphatic rings. The van der Waals surface area contributed by atoms with Crippen molar-refractivity contribution in [3.8, 4) is 5.75 Å². The molecule has 3 N–H and O–H groups in total. The number of nitrogens with zero attached hydrogens (tertiary/aromatic N) is 1. The van der Waals surface area contributed by atoms with Gasteiger partial charge in [0, 0.05) is 33.3 Å². The number of hydrogen-bond acceptors (Lipinski definition) is 6. The molecule has 2 rings (SSSR count). The minimum Gasteiger partial charge on any atom is -0.492 e. The molecule has 8 nitrogen and oxygen atoms in total. The molecule has 35 heavy (non-hydrogen) atoms. The molecular weight excluding hydrogens is 460 g/mol. The summed E-state index contributed by atoms with van der Waals surface area (Å²) in [5.74, 6) is 1.12. The summed E-state index contributed by atoms with van der Waals surface area (Å²) >= 11 is 0. The molecule has 1 aromatic carbocycles. The van der Waals surface area contributed by atoms with E-state index < -0.39 is 8.32 Å². The van der Waals surface area contributed by atoms with Crippen LogP contribution in [-0.4, -0.2) is 51.9 Å². The quantitative estimate of drug-likeness (QED) is 0.300. The third kappa shape index (κ3) is 9.43. The first kappa shape index (κ1) is 28.5. The van der Waals surface area contributed by atoms with Gasteiger partial charge in [-0.2, -0.15) is 0 Å². The summed E-state index contributed by atoms with van der Waals surface area (Å²) in [6.07, 6.45) is 1.95. The molecule has 0 spiro atoms. The van der Waals surface area contributed by atoms with Crippen molar-refractivity contribution in [1.29, 1.82) is 0 Å². The van der Waals surface area contributed by atoms with Gasteiger partial charge in [0.05, 0.1) is 12.5 Å². The summed E-state index contributed by atoms with van der Waals surface area (Å²) in [5.41, 5.74) is 1.91. The van der Waals surface area contributed by atoms with Crippen LogP contribution in [0.15, 0.2) is 42.6 Å². The van der Waals surface area contributed by atoms with Gasteiger partial charge in [-0.3, -0.25) is 9.59 Å². The molecule has 2 aromatic rings. The molecule has 0 aliphatic carbocycles. The van der Waals surface area contributed by atoms with Gasteiger partial charge < -0.3 is 25.1 Å². The molecule has 1 atom stereocenters. The van der Waals surface area contributed by atoms with E-state index in [1.165, 1.54) is 6.92 Å². The third-order valence-electron chi connectivity index (χ3n) is 6.15. The van der Waals surface area contributed by atoms with Crippen LogP contribution in [-0.2, 0) is 20.4 Å². The van der Waals surface area contributed by atoms with Gasteiger partial charge in [0.15, 0.2) is 8.32 Å². The van der Waals surface area contributed by atoms with Crippen LogP contribution in [0.4, 0.5) is 5.82 Å². The second-order valence-corrected chi connectivity index (χ2v) is 14.8. The Hall–Kier alpha value is -2.75. The van der Waals surface area contributed by atoms with Crippen molar-refractivity contribution in [3.05, 3.63) is 53.7 Å². The molecular formula is C26H40N4O4Si. The van der Waals surface area contributed by atoms with Gasteiger partial charge >= 0.3 is 0 Å².